The zero-order valence-corrected chi connectivity index (χ0v) is 17.3. The number of benzene rings is 2. The third-order valence-corrected chi connectivity index (χ3v) is 5.40. The van der Waals surface area contributed by atoms with Gasteiger partial charge in [-0.15, -0.1) is 11.3 Å². The van der Waals surface area contributed by atoms with E-state index in [4.69, 9.17) is 4.98 Å². The van der Waals surface area contributed by atoms with Crippen LogP contribution in [0.3, 0.4) is 0 Å². The lowest BCUT2D eigenvalue weighted by Gasteiger charge is -2.12. The summed E-state index contributed by atoms with van der Waals surface area (Å²) in [5.74, 6) is 0.0274. The van der Waals surface area contributed by atoms with Gasteiger partial charge in [0, 0.05) is 30.5 Å². The van der Waals surface area contributed by atoms with Gasteiger partial charge in [0.1, 0.15) is 0 Å². The van der Waals surface area contributed by atoms with Crippen molar-refractivity contribution in [3.8, 4) is 11.3 Å². The monoisotopic (exact) mass is 393 g/mol. The Bertz CT molecular complexity index is 874. The van der Waals surface area contributed by atoms with Gasteiger partial charge in [-0.25, -0.2) is 4.98 Å². The van der Waals surface area contributed by atoms with Crippen molar-refractivity contribution < 1.29 is 4.79 Å². The Labute approximate surface area is 171 Å². The first-order chi connectivity index (χ1) is 13.6. The first-order valence-electron chi connectivity index (χ1n) is 9.70. The maximum absolute atomic E-state index is 11.1. The Morgan fingerprint density at radius 1 is 1.04 bits per heavy atom. The zero-order valence-electron chi connectivity index (χ0n) is 16.4. The fourth-order valence-electron chi connectivity index (χ4n) is 3.09. The van der Waals surface area contributed by atoms with E-state index in [9.17, 15) is 4.79 Å². The summed E-state index contributed by atoms with van der Waals surface area (Å²) in [5, 5.41) is 9.39. The molecule has 2 aromatic carbocycles. The first kappa shape index (κ1) is 20.1. The molecule has 0 spiro atoms. The number of anilines is 1. The smallest absolute Gasteiger partial charge is 0.217 e. The number of nitrogens with zero attached hydrogens (tertiary/aromatic N) is 1. The second-order valence-corrected chi connectivity index (χ2v) is 7.90. The number of carbonyl (C=O) groups excluding carboxylic acids is 1. The quantitative estimate of drug-likeness (QED) is 0.542. The van der Waals surface area contributed by atoms with Gasteiger partial charge < -0.3 is 10.6 Å². The topological polar surface area (TPSA) is 54.0 Å². The number of thiazole rings is 1. The van der Waals surface area contributed by atoms with Gasteiger partial charge in [-0.3, -0.25) is 4.79 Å². The van der Waals surface area contributed by atoms with E-state index in [0.717, 1.165) is 42.2 Å². The highest BCUT2D eigenvalue weighted by Crippen LogP contribution is 2.25. The van der Waals surface area contributed by atoms with Crippen molar-refractivity contribution in [1.82, 2.24) is 10.3 Å². The predicted molar refractivity (Wildman–Crippen MR) is 118 cm³/mol. The van der Waals surface area contributed by atoms with Crippen LogP contribution in [-0.2, 0) is 17.6 Å². The minimum absolute atomic E-state index is 0.0274. The summed E-state index contributed by atoms with van der Waals surface area (Å²) in [4.78, 5) is 15.8. The maximum atomic E-state index is 11.1. The average molecular weight is 394 g/mol. The largest absolute Gasteiger partial charge is 0.361 e. The molecule has 1 atom stereocenters. The number of hydrogen-bond donors (Lipinski definition) is 2. The van der Waals surface area contributed by atoms with Crippen molar-refractivity contribution in [3.05, 3.63) is 71.1 Å². The van der Waals surface area contributed by atoms with Gasteiger partial charge in [0.05, 0.1) is 5.69 Å². The lowest BCUT2D eigenvalue weighted by Crippen LogP contribution is -2.30. The highest BCUT2D eigenvalue weighted by molar-refractivity contribution is 7.14. The van der Waals surface area contributed by atoms with Gasteiger partial charge in [-0.05, 0) is 37.3 Å². The Morgan fingerprint density at radius 2 is 1.75 bits per heavy atom. The van der Waals surface area contributed by atoms with Crippen LogP contribution in [0.4, 0.5) is 5.13 Å². The van der Waals surface area contributed by atoms with Crippen LogP contribution in [0.1, 0.15) is 31.4 Å². The molecular formula is C23H27N3OS. The van der Waals surface area contributed by atoms with E-state index in [1.807, 2.05) is 13.0 Å². The molecule has 0 radical (unpaired) electrons. The van der Waals surface area contributed by atoms with Crippen LogP contribution in [-0.4, -0.2) is 23.5 Å². The van der Waals surface area contributed by atoms with Gasteiger partial charge in [-0.2, -0.15) is 0 Å². The van der Waals surface area contributed by atoms with Crippen molar-refractivity contribution in [2.45, 2.75) is 39.2 Å². The van der Waals surface area contributed by atoms with E-state index in [1.165, 1.54) is 11.1 Å². The van der Waals surface area contributed by atoms with Crippen LogP contribution in [0.25, 0.3) is 11.3 Å². The molecule has 28 heavy (non-hydrogen) atoms. The van der Waals surface area contributed by atoms with Crippen molar-refractivity contribution in [2.75, 3.05) is 11.9 Å². The lowest BCUT2D eigenvalue weighted by atomic mass is 10.0. The van der Waals surface area contributed by atoms with Crippen molar-refractivity contribution >= 4 is 22.4 Å². The lowest BCUT2D eigenvalue weighted by molar-refractivity contribution is -0.119. The molecule has 0 aliphatic carbocycles. The van der Waals surface area contributed by atoms with Gasteiger partial charge >= 0.3 is 0 Å². The third kappa shape index (κ3) is 6.20. The van der Waals surface area contributed by atoms with E-state index in [2.05, 4.69) is 64.5 Å². The highest BCUT2D eigenvalue weighted by atomic mass is 32.1. The summed E-state index contributed by atoms with van der Waals surface area (Å²) in [6, 6.07) is 19.2. The van der Waals surface area contributed by atoms with Crippen LogP contribution < -0.4 is 10.6 Å². The van der Waals surface area contributed by atoms with E-state index >= 15 is 0 Å². The number of nitrogens with one attached hydrogen (secondary N) is 2. The average Bonchev–Trinajstić information content (AvgIpc) is 3.16. The Hall–Kier alpha value is -2.66. The number of amides is 1. The second kappa shape index (κ2) is 10.0. The molecule has 0 fully saturated rings. The normalized spacial score (nSPS) is 11.8. The van der Waals surface area contributed by atoms with Gasteiger partial charge in [0.15, 0.2) is 5.13 Å². The second-order valence-electron chi connectivity index (χ2n) is 7.04. The molecule has 0 saturated heterocycles. The van der Waals surface area contributed by atoms with E-state index in [1.54, 1.807) is 18.3 Å². The van der Waals surface area contributed by atoms with Crippen molar-refractivity contribution in [3.63, 3.8) is 0 Å². The molecule has 0 aliphatic rings. The summed E-state index contributed by atoms with van der Waals surface area (Å²) < 4.78 is 0. The number of hydrogen-bond acceptors (Lipinski definition) is 4. The summed E-state index contributed by atoms with van der Waals surface area (Å²) in [7, 11) is 0. The van der Waals surface area contributed by atoms with Crippen LogP contribution in [0.5, 0.6) is 0 Å². The fraction of sp³-hybridized carbons (Fsp3) is 0.304. The van der Waals surface area contributed by atoms with Gasteiger partial charge in [-0.1, -0.05) is 54.6 Å². The number of aryl methyl sites for hydroxylation is 1. The van der Waals surface area contributed by atoms with E-state index in [-0.39, 0.29) is 11.9 Å². The molecule has 0 saturated carbocycles. The summed E-state index contributed by atoms with van der Waals surface area (Å²) >= 11 is 1.64. The van der Waals surface area contributed by atoms with Gasteiger partial charge in [0.2, 0.25) is 5.91 Å². The Balaban J connectivity index is 1.49. The number of rotatable bonds is 9. The van der Waals surface area contributed by atoms with Crippen LogP contribution in [0.15, 0.2) is 60.0 Å². The SMILES string of the molecule is CC(=O)N[C@H](C)CCc1ccc(-c2csc(NCCc3ccccc3)n2)cc1. The molecular weight excluding hydrogens is 366 g/mol. The predicted octanol–water partition coefficient (Wildman–Crippen LogP) is 4.92. The van der Waals surface area contributed by atoms with Crippen LogP contribution in [0.2, 0.25) is 0 Å². The maximum Gasteiger partial charge on any atom is 0.217 e. The van der Waals surface area contributed by atoms with E-state index < -0.39 is 0 Å². The number of carbonyl (C=O) groups is 1. The molecule has 0 aliphatic heterocycles. The first-order valence-corrected chi connectivity index (χ1v) is 10.6. The Kier molecular flexibility index (Phi) is 7.20. The third-order valence-electron chi connectivity index (χ3n) is 4.60. The number of aromatic nitrogens is 1. The summed E-state index contributed by atoms with van der Waals surface area (Å²) in [6.07, 6.45) is 2.87. The minimum atomic E-state index is 0.0274. The van der Waals surface area contributed by atoms with E-state index in [0.29, 0.717) is 0 Å². The molecule has 2 N–H and O–H groups in total. The molecule has 146 valence electrons. The van der Waals surface area contributed by atoms with Crippen LogP contribution in [0, 0.1) is 0 Å². The molecule has 0 bridgehead atoms. The Morgan fingerprint density at radius 3 is 2.46 bits per heavy atom. The van der Waals surface area contributed by atoms with Crippen LogP contribution >= 0.6 is 11.3 Å². The highest BCUT2D eigenvalue weighted by Gasteiger charge is 2.06. The molecule has 4 nitrogen and oxygen atoms in total. The fourth-order valence-corrected chi connectivity index (χ4v) is 3.84. The molecule has 0 unspecified atom stereocenters. The van der Waals surface area contributed by atoms with Crippen molar-refractivity contribution in [1.29, 1.82) is 0 Å². The van der Waals surface area contributed by atoms with Crippen molar-refractivity contribution in [2.24, 2.45) is 0 Å². The molecule has 1 heterocycles. The molecule has 5 heteroatoms. The molecule has 3 aromatic rings. The summed E-state index contributed by atoms with van der Waals surface area (Å²) in [5.41, 5.74) is 4.74. The minimum Gasteiger partial charge on any atom is -0.361 e. The summed E-state index contributed by atoms with van der Waals surface area (Å²) in [6.45, 7) is 4.48. The van der Waals surface area contributed by atoms with Gasteiger partial charge in [0.25, 0.3) is 0 Å². The zero-order chi connectivity index (χ0) is 19.8. The standard InChI is InChI=1S/C23H27N3OS/c1-17(25-18(2)27)8-9-20-10-12-21(13-11-20)22-16-28-23(26-22)24-15-14-19-6-4-3-5-7-19/h3-7,10-13,16-17H,8-9,14-15H2,1-2H3,(H,24,26)(H,25,27)/t17-/m1/s1. The molecule has 1 aromatic heterocycles. The molecule has 3 rings (SSSR count). The molecule has 1 amide bonds.